The fraction of sp³-hybridized carbons (Fsp3) is 0.692. The average Bonchev–Trinajstić information content (AvgIpc) is 2.67. The Morgan fingerprint density at radius 1 is 1.00 bits per heavy atom. The van der Waals surface area contributed by atoms with Crippen LogP contribution in [0.15, 0.2) is 12.2 Å². The van der Waals surface area contributed by atoms with Crippen molar-refractivity contribution in [2.24, 2.45) is 23.7 Å². The Balaban J connectivity index is 2.09. The minimum absolute atomic E-state index is 0.259. The summed E-state index contributed by atoms with van der Waals surface area (Å²) >= 11 is 0. The first kappa shape index (κ1) is 10.6. The number of rotatable bonds is 4. The number of fused-ring (bicyclic) bond motifs is 2. The van der Waals surface area contributed by atoms with Crippen LogP contribution in [0.2, 0.25) is 0 Å². The van der Waals surface area contributed by atoms with E-state index in [4.69, 9.17) is 0 Å². The molecule has 1 fully saturated rings. The predicted octanol–water partition coefficient (Wildman–Crippen LogP) is 2.38. The van der Waals surface area contributed by atoms with E-state index in [1.165, 1.54) is 0 Å². The molecule has 2 aliphatic carbocycles. The number of carbonyl (C=O) groups excluding carboxylic acids is 2. The highest BCUT2D eigenvalue weighted by molar-refractivity contribution is 5.77. The van der Waals surface area contributed by atoms with Crippen molar-refractivity contribution < 1.29 is 9.59 Å². The van der Waals surface area contributed by atoms with Gasteiger partial charge in [-0.1, -0.05) is 12.2 Å². The molecule has 1 saturated carbocycles. The van der Waals surface area contributed by atoms with Crippen LogP contribution in [-0.4, -0.2) is 11.6 Å². The van der Waals surface area contributed by atoms with E-state index in [9.17, 15) is 9.59 Å². The molecule has 0 aromatic carbocycles. The van der Waals surface area contributed by atoms with Crippen molar-refractivity contribution in [3.05, 3.63) is 12.2 Å². The summed E-state index contributed by atoms with van der Waals surface area (Å²) in [5.41, 5.74) is 0. The van der Waals surface area contributed by atoms with Crippen molar-refractivity contribution in [1.29, 1.82) is 0 Å². The molecule has 2 aliphatic rings. The number of hydrogen-bond donors (Lipinski definition) is 0. The molecule has 4 atom stereocenters. The van der Waals surface area contributed by atoms with Gasteiger partial charge in [0.15, 0.2) is 0 Å². The van der Waals surface area contributed by atoms with Crippen LogP contribution in [-0.2, 0) is 9.59 Å². The van der Waals surface area contributed by atoms with Gasteiger partial charge in [-0.3, -0.25) is 0 Å². The lowest BCUT2D eigenvalue weighted by Crippen LogP contribution is -2.23. The Hall–Kier alpha value is -0.920. The van der Waals surface area contributed by atoms with E-state index in [1.807, 2.05) is 0 Å². The molecule has 0 spiro atoms. The molecule has 0 radical (unpaired) electrons. The molecule has 0 aromatic heterocycles. The van der Waals surface area contributed by atoms with Crippen LogP contribution in [0.3, 0.4) is 0 Å². The summed E-state index contributed by atoms with van der Waals surface area (Å²) in [6.45, 7) is 3.31. The van der Waals surface area contributed by atoms with Crippen molar-refractivity contribution in [2.45, 2.75) is 33.1 Å². The van der Waals surface area contributed by atoms with Gasteiger partial charge in [-0.2, -0.15) is 0 Å². The molecule has 4 unspecified atom stereocenters. The predicted molar refractivity (Wildman–Crippen MR) is 58.3 cm³/mol. The minimum Gasteiger partial charge on any atom is -0.300 e. The summed E-state index contributed by atoms with van der Waals surface area (Å²) < 4.78 is 0. The molecule has 0 N–H and O–H groups in total. The zero-order chi connectivity index (χ0) is 11.0. The highest BCUT2D eigenvalue weighted by Gasteiger charge is 2.44. The van der Waals surface area contributed by atoms with Crippen LogP contribution in [0, 0.1) is 23.7 Å². The van der Waals surface area contributed by atoms with E-state index in [1.54, 1.807) is 13.8 Å². The average molecular weight is 206 g/mol. The van der Waals surface area contributed by atoms with E-state index < -0.39 is 0 Å². The number of Topliss-reactive ketones (excluding diaryl/α,β-unsaturated/α-hetero) is 2. The smallest absolute Gasteiger partial charge is 0.130 e. The van der Waals surface area contributed by atoms with Gasteiger partial charge in [-0.25, -0.2) is 0 Å². The van der Waals surface area contributed by atoms with Crippen LogP contribution in [0.1, 0.15) is 33.1 Å². The second-order valence-electron chi connectivity index (χ2n) is 5.09. The van der Waals surface area contributed by atoms with Crippen molar-refractivity contribution in [2.75, 3.05) is 0 Å². The first-order valence-electron chi connectivity index (χ1n) is 5.75. The lowest BCUT2D eigenvalue weighted by Gasteiger charge is -2.26. The SMILES string of the molecule is CC(=O)CC1C2C=CC(C2)C1CC(C)=O. The van der Waals surface area contributed by atoms with Crippen LogP contribution in [0.4, 0.5) is 0 Å². The molecule has 2 rings (SSSR count). The Morgan fingerprint density at radius 2 is 1.40 bits per heavy atom. The lowest BCUT2D eigenvalue weighted by atomic mass is 9.78. The van der Waals surface area contributed by atoms with Crippen LogP contribution >= 0.6 is 0 Å². The standard InChI is InChI=1S/C13H18O2/c1-8(14)5-12-10-3-4-11(7-10)13(12)6-9(2)15/h3-4,10-13H,5-7H2,1-2H3. The maximum absolute atomic E-state index is 11.2. The van der Waals surface area contributed by atoms with Gasteiger partial charge >= 0.3 is 0 Å². The van der Waals surface area contributed by atoms with E-state index in [0.717, 1.165) is 6.42 Å². The zero-order valence-electron chi connectivity index (χ0n) is 9.40. The van der Waals surface area contributed by atoms with Crippen LogP contribution < -0.4 is 0 Å². The van der Waals surface area contributed by atoms with E-state index in [-0.39, 0.29) is 11.6 Å². The maximum atomic E-state index is 11.2. The summed E-state index contributed by atoms with van der Waals surface area (Å²) in [4.78, 5) is 22.4. The molecular formula is C13H18O2. The fourth-order valence-corrected chi connectivity index (χ4v) is 3.30. The Kier molecular flexibility index (Phi) is 2.76. The molecule has 82 valence electrons. The third-order valence-electron chi connectivity index (χ3n) is 3.85. The monoisotopic (exact) mass is 206 g/mol. The van der Waals surface area contributed by atoms with Gasteiger partial charge in [0, 0.05) is 12.8 Å². The first-order chi connectivity index (χ1) is 7.08. The van der Waals surface area contributed by atoms with Crippen molar-refractivity contribution in [3.63, 3.8) is 0 Å². The molecule has 0 saturated heterocycles. The van der Waals surface area contributed by atoms with E-state index in [2.05, 4.69) is 12.2 Å². The molecule has 2 bridgehead atoms. The lowest BCUT2D eigenvalue weighted by molar-refractivity contribution is -0.121. The summed E-state index contributed by atoms with van der Waals surface area (Å²) in [6, 6.07) is 0. The van der Waals surface area contributed by atoms with Gasteiger partial charge in [0.2, 0.25) is 0 Å². The van der Waals surface area contributed by atoms with Gasteiger partial charge in [-0.05, 0) is 43.9 Å². The largest absolute Gasteiger partial charge is 0.300 e. The number of ketones is 2. The van der Waals surface area contributed by atoms with Gasteiger partial charge in [0.25, 0.3) is 0 Å². The van der Waals surface area contributed by atoms with Crippen LogP contribution in [0.25, 0.3) is 0 Å². The second kappa shape index (κ2) is 3.92. The highest BCUT2D eigenvalue weighted by atomic mass is 16.1. The Bertz CT molecular complexity index is 286. The topological polar surface area (TPSA) is 34.1 Å². The maximum Gasteiger partial charge on any atom is 0.130 e. The van der Waals surface area contributed by atoms with E-state index in [0.29, 0.717) is 36.5 Å². The summed E-state index contributed by atoms with van der Waals surface area (Å²) in [7, 11) is 0. The van der Waals surface area contributed by atoms with Gasteiger partial charge in [0.05, 0.1) is 0 Å². The number of allylic oxidation sites excluding steroid dienone is 2. The first-order valence-corrected chi connectivity index (χ1v) is 5.75. The molecular weight excluding hydrogens is 188 g/mol. The Morgan fingerprint density at radius 3 is 1.73 bits per heavy atom. The molecule has 0 amide bonds. The second-order valence-corrected chi connectivity index (χ2v) is 5.09. The highest BCUT2D eigenvalue weighted by Crippen LogP contribution is 2.50. The van der Waals surface area contributed by atoms with Gasteiger partial charge in [-0.15, -0.1) is 0 Å². The molecule has 0 aromatic rings. The number of hydrogen-bond acceptors (Lipinski definition) is 2. The fourth-order valence-electron chi connectivity index (χ4n) is 3.30. The van der Waals surface area contributed by atoms with Crippen molar-refractivity contribution in [3.8, 4) is 0 Å². The number of carbonyl (C=O) groups is 2. The third-order valence-corrected chi connectivity index (χ3v) is 3.85. The summed E-state index contributed by atoms with van der Waals surface area (Å²) in [5.74, 6) is 2.50. The van der Waals surface area contributed by atoms with Crippen molar-refractivity contribution >= 4 is 11.6 Å². The molecule has 2 heteroatoms. The summed E-state index contributed by atoms with van der Waals surface area (Å²) in [6.07, 6.45) is 6.96. The van der Waals surface area contributed by atoms with Crippen molar-refractivity contribution in [1.82, 2.24) is 0 Å². The zero-order valence-corrected chi connectivity index (χ0v) is 9.40. The van der Waals surface area contributed by atoms with E-state index >= 15 is 0 Å². The minimum atomic E-state index is 0.259. The van der Waals surface area contributed by atoms with Gasteiger partial charge in [0.1, 0.15) is 11.6 Å². The summed E-state index contributed by atoms with van der Waals surface area (Å²) in [5, 5.41) is 0. The quantitative estimate of drug-likeness (QED) is 0.662. The normalized spacial score (nSPS) is 37.2. The third kappa shape index (κ3) is 2.04. The molecule has 15 heavy (non-hydrogen) atoms. The molecule has 0 aliphatic heterocycles. The molecule has 0 heterocycles. The Labute approximate surface area is 90.7 Å². The molecule has 2 nitrogen and oxygen atoms in total. The van der Waals surface area contributed by atoms with Gasteiger partial charge < -0.3 is 9.59 Å². The van der Waals surface area contributed by atoms with Crippen LogP contribution in [0.5, 0.6) is 0 Å².